The first-order chi connectivity index (χ1) is 18.1. The normalized spacial score (nSPS) is 16.5. The number of hydrogen-bond acceptors (Lipinski definition) is 8. The Kier molecular flexibility index (Phi) is 7.86. The number of ether oxygens (including phenoxy) is 2. The number of H-pyrrole nitrogens is 1. The lowest BCUT2D eigenvalue weighted by Gasteiger charge is -2.30. The minimum atomic E-state index is -0.110. The molecule has 4 aromatic rings. The zero-order chi connectivity index (χ0) is 25.6. The van der Waals surface area contributed by atoms with Crippen molar-refractivity contribution in [2.75, 3.05) is 13.2 Å². The van der Waals surface area contributed by atoms with Crippen molar-refractivity contribution in [1.29, 1.82) is 0 Å². The van der Waals surface area contributed by atoms with Gasteiger partial charge in [-0.2, -0.15) is 0 Å². The van der Waals surface area contributed by atoms with E-state index in [1.165, 1.54) is 0 Å². The Hall–Kier alpha value is -3.63. The van der Waals surface area contributed by atoms with Crippen molar-refractivity contribution in [2.45, 2.75) is 64.9 Å². The summed E-state index contributed by atoms with van der Waals surface area (Å²) in [5.74, 6) is 1.55. The third kappa shape index (κ3) is 5.86. The lowest BCUT2D eigenvalue weighted by Crippen LogP contribution is -2.33. The van der Waals surface area contributed by atoms with E-state index in [2.05, 4.69) is 37.3 Å². The fraction of sp³-hybridized carbons (Fsp3) is 0.444. The van der Waals surface area contributed by atoms with Crippen LogP contribution in [-0.4, -0.2) is 54.4 Å². The third-order valence-electron chi connectivity index (χ3n) is 6.77. The lowest BCUT2D eigenvalue weighted by atomic mass is 10.1. The van der Waals surface area contributed by atoms with Gasteiger partial charge < -0.3 is 14.5 Å². The molecule has 1 saturated heterocycles. The molecule has 0 amide bonds. The van der Waals surface area contributed by atoms with Crippen molar-refractivity contribution in [3.05, 3.63) is 76.1 Å². The second kappa shape index (κ2) is 11.6. The summed E-state index contributed by atoms with van der Waals surface area (Å²) < 4.78 is 13.4. The van der Waals surface area contributed by atoms with Crippen LogP contribution in [0.25, 0.3) is 10.9 Å². The van der Waals surface area contributed by atoms with E-state index in [0.717, 1.165) is 53.9 Å². The van der Waals surface area contributed by atoms with E-state index in [4.69, 9.17) is 9.47 Å². The zero-order valence-corrected chi connectivity index (χ0v) is 21.3. The Labute approximate surface area is 215 Å². The van der Waals surface area contributed by atoms with Gasteiger partial charge >= 0.3 is 0 Å². The van der Waals surface area contributed by atoms with E-state index in [1.54, 1.807) is 6.20 Å². The molecular formula is C27H33N7O3. The monoisotopic (exact) mass is 503 g/mol. The molecule has 0 aliphatic carbocycles. The number of aromatic amines is 1. The summed E-state index contributed by atoms with van der Waals surface area (Å²) >= 11 is 0. The third-order valence-corrected chi connectivity index (χ3v) is 6.77. The number of fused-ring (bicyclic) bond motifs is 1. The van der Waals surface area contributed by atoms with E-state index in [9.17, 15) is 4.79 Å². The molecule has 1 fully saturated rings. The van der Waals surface area contributed by atoms with Gasteiger partial charge in [-0.25, -0.2) is 4.68 Å². The number of benzene rings is 1. The highest BCUT2D eigenvalue weighted by atomic mass is 16.5. The lowest BCUT2D eigenvalue weighted by molar-refractivity contribution is 0.0888. The molecule has 10 nitrogen and oxygen atoms in total. The van der Waals surface area contributed by atoms with Crippen LogP contribution in [0.5, 0.6) is 5.75 Å². The Balaban J connectivity index is 1.49. The van der Waals surface area contributed by atoms with Crippen LogP contribution in [0.3, 0.4) is 0 Å². The quantitative estimate of drug-likeness (QED) is 0.330. The van der Waals surface area contributed by atoms with Crippen LogP contribution in [-0.2, 0) is 24.4 Å². The Morgan fingerprint density at radius 1 is 1.24 bits per heavy atom. The molecule has 10 heteroatoms. The van der Waals surface area contributed by atoms with Gasteiger partial charge in [0.25, 0.3) is 5.56 Å². The SMILES string of the molecule is CCOc1ccc2[nH]c(=O)c(CN(Cc3cccnc3)C(CC)c3nnnn3CC3CCCO3)cc2c1. The van der Waals surface area contributed by atoms with Gasteiger partial charge in [-0.3, -0.25) is 14.7 Å². The number of tetrazole rings is 1. The summed E-state index contributed by atoms with van der Waals surface area (Å²) in [6.07, 6.45) is 6.57. The molecule has 1 N–H and O–H groups in total. The van der Waals surface area contributed by atoms with Crippen molar-refractivity contribution in [2.24, 2.45) is 0 Å². The standard InChI is InChI=1S/C27H33N7O3/c1-3-25(26-30-31-32-34(26)18-23-8-6-12-37-23)33(16-19-7-5-11-28-15-19)17-21-13-20-14-22(36-4-2)9-10-24(20)29-27(21)35/h5,7,9-11,13-15,23,25H,3-4,6,8,12,16-18H2,1-2H3,(H,29,35). The van der Waals surface area contributed by atoms with Crippen molar-refractivity contribution in [3.63, 3.8) is 0 Å². The summed E-state index contributed by atoms with van der Waals surface area (Å²) in [5, 5.41) is 13.6. The summed E-state index contributed by atoms with van der Waals surface area (Å²) in [6.45, 7) is 7.07. The first-order valence-corrected chi connectivity index (χ1v) is 12.9. The Morgan fingerprint density at radius 2 is 2.16 bits per heavy atom. The predicted molar refractivity (Wildman–Crippen MR) is 139 cm³/mol. The molecular weight excluding hydrogens is 470 g/mol. The van der Waals surface area contributed by atoms with Gasteiger partial charge in [-0.05, 0) is 72.5 Å². The van der Waals surface area contributed by atoms with Gasteiger partial charge in [-0.15, -0.1) is 5.10 Å². The van der Waals surface area contributed by atoms with Crippen LogP contribution in [0, 0.1) is 0 Å². The minimum absolute atomic E-state index is 0.110. The second-order valence-electron chi connectivity index (χ2n) is 9.35. The fourth-order valence-corrected chi connectivity index (χ4v) is 4.99. The highest BCUT2D eigenvalue weighted by Crippen LogP contribution is 2.28. The smallest absolute Gasteiger partial charge is 0.252 e. The number of nitrogens with zero attached hydrogens (tertiary/aromatic N) is 6. The van der Waals surface area contributed by atoms with Gasteiger partial charge in [0.15, 0.2) is 5.82 Å². The molecule has 2 unspecified atom stereocenters. The predicted octanol–water partition coefficient (Wildman–Crippen LogP) is 3.64. The first-order valence-electron chi connectivity index (χ1n) is 12.9. The molecule has 0 spiro atoms. The molecule has 1 aliphatic rings. The molecule has 4 heterocycles. The van der Waals surface area contributed by atoms with Gasteiger partial charge in [-0.1, -0.05) is 13.0 Å². The average Bonchev–Trinajstić information content (AvgIpc) is 3.59. The summed E-state index contributed by atoms with van der Waals surface area (Å²) in [5.41, 5.74) is 2.39. The van der Waals surface area contributed by atoms with Crippen LogP contribution >= 0.6 is 0 Å². The van der Waals surface area contributed by atoms with Crippen LogP contribution in [0.15, 0.2) is 53.6 Å². The number of nitrogens with one attached hydrogen (secondary N) is 1. The Morgan fingerprint density at radius 3 is 2.92 bits per heavy atom. The van der Waals surface area contributed by atoms with Crippen molar-refractivity contribution in [3.8, 4) is 5.75 Å². The summed E-state index contributed by atoms with van der Waals surface area (Å²) in [7, 11) is 0. The van der Waals surface area contributed by atoms with Crippen molar-refractivity contribution in [1.82, 2.24) is 35.1 Å². The van der Waals surface area contributed by atoms with Gasteiger partial charge in [0, 0.05) is 48.6 Å². The molecule has 2 atom stereocenters. The summed E-state index contributed by atoms with van der Waals surface area (Å²) in [4.78, 5) is 22.7. The highest BCUT2D eigenvalue weighted by molar-refractivity contribution is 5.80. The molecule has 1 aliphatic heterocycles. The molecule has 194 valence electrons. The number of rotatable bonds is 11. The topological polar surface area (TPSA) is 111 Å². The second-order valence-corrected chi connectivity index (χ2v) is 9.35. The van der Waals surface area contributed by atoms with Crippen LogP contribution in [0.2, 0.25) is 0 Å². The Bertz CT molecular complexity index is 1370. The first kappa shape index (κ1) is 25.0. The van der Waals surface area contributed by atoms with Crippen molar-refractivity contribution < 1.29 is 9.47 Å². The molecule has 0 saturated carbocycles. The van der Waals surface area contributed by atoms with E-state index in [1.807, 2.05) is 54.2 Å². The molecule has 37 heavy (non-hydrogen) atoms. The average molecular weight is 504 g/mol. The minimum Gasteiger partial charge on any atom is -0.494 e. The number of hydrogen-bond donors (Lipinski definition) is 1. The van der Waals surface area contributed by atoms with Gasteiger partial charge in [0.2, 0.25) is 0 Å². The molecule has 0 radical (unpaired) electrons. The van der Waals surface area contributed by atoms with E-state index in [-0.39, 0.29) is 17.7 Å². The van der Waals surface area contributed by atoms with Gasteiger partial charge in [0.1, 0.15) is 5.75 Å². The van der Waals surface area contributed by atoms with E-state index < -0.39 is 0 Å². The van der Waals surface area contributed by atoms with Crippen LogP contribution in [0.4, 0.5) is 0 Å². The summed E-state index contributed by atoms with van der Waals surface area (Å²) in [6, 6.07) is 11.5. The highest BCUT2D eigenvalue weighted by Gasteiger charge is 2.28. The molecule has 3 aromatic heterocycles. The molecule has 0 bridgehead atoms. The van der Waals surface area contributed by atoms with Crippen LogP contribution in [0.1, 0.15) is 56.1 Å². The molecule has 1 aromatic carbocycles. The fourth-order valence-electron chi connectivity index (χ4n) is 4.99. The maximum Gasteiger partial charge on any atom is 0.252 e. The van der Waals surface area contributed by atoms with Crippen molar-refractivity contribution >= 4 is 10.9 Å². The maximum atomic E-state index is 13.1. The molecule has 5 rings (SSSR count). The maximum absolute atomic E-state index is 13.1. The van der Waals surface area contributed by atoms with Gasteiger partial charge in [0.05, 0.1) is 25.3 Å². The van der Waals surface area contributed by atoms with E-state index >= 15 is 0 Å². The zero-order valence-electron chi connectivity index (χ0n) is 21.3. The number of aromatic nitrogens is 6. The number of pyridine rings is 2. The van der Waals surface area contributed by atoms with E-state index in [0.29, 0.717) is 31.8 Å². The van der Waals surface area contributed by atoms with Crippen LogP contribution < -0.4 is 10.3 Å². The largest absolute Gasteiger partial charge is 0.494 e.